The monoisotopic (exact) mass is 324 g/mol. The van der Waals surface area contributed by atoms with Crippen LogP contribution in [0, 0.1) is 5.82 Å². The minimum Gasteiger partial charge on any atom is -0.494 e. The number of nitrogens with one attached hydrogen (secondary N) is 1. The standard InChI is InChI=1S/C17H25FN2O3/c1-17(2,3)23-16(21)20-8-7-19-11-13(20)9-12-5-6-14(18)15(10-12)22-4/h5-6,10,13,19H,7-9,11H2,1-4H3. The molecule has 0 aromatic heterocycles. The van der Waals surface area contributed by atoms with E-state index in [-0.39, 0.29) is 23.7 Å². The van der Waals surface area contributed by atoms with E-state index in [9.17, 15) is 9.18 Å². The van der Waals surface area contributed by atoms with Crippen LogP contribution in [0.5, 0.6) is 5.75 Å². The summed E-state index contributed by atoms with van der Waals surface area (Å²) in [4.78, 5) is 14.1. The molecule has 23 heavy (non-hydrogen) atoms. The highest BCUT2D eigenvalue weighted by atomic mass is 19.1. The number of halogens is 1. The summed E-state index contributed by atoms with van der Waals surface area (Å²) >= 11 is 0. The smallest absolute Gasteiger partial charge is 0.410 e. The number of rotatable bonds is 3. The van der Waals surface area contributed by atoms with Gasteiger partial charge in [0.05, 0.1) is 13.2 Å². The summed E-state index contributed by atoms with van der Waals surface area (Å²) in [6.07, 6.45) is 0.307. The van der Waals surface area contributed by atoms with E-state index in [2.05, 4.69) is 5.32 Å². The van der Waals surface area contributed by atoms with Crippen LogP contribution in [0.25, 0.3) is 0 Å². The van der Waals surface area contributed by atoms with E-state index in [1.54, 1.807) is 17.0 Å². The van der Waals surface area contributed by atoms with Gasteiger partial charge in [-0.15, -0.1) is 0 Å². The lowest BCUT2D eigenvalue weighted by atomic mass is 10.0. The van der Waals surface area contributed by atoms with Crippen molar-refractivity contribution in [2.45, 2.75) is 38.8 Å². The molecule has 0 saturated carbocycles. The van der Waals surface area contributed by atoms with Gasteiger partial charge in [-0.3, -0.25) is 0 Å². The van der Waals surface area contributed by atoms with Gasteiger partial charge in [-0.2, -0.15) is 0 Å². The predicted octanol–water partition coefficient (Wildman–Crippen LogP) is 2.59. The molecule has 6 heteroatoms. The molecule has 2 rings (SSSR count). The summed E-state index contributed by atoms with van der Waals surface area (Å²) in [5.74, 6) is -0.169. The number of methoxy groups -OCH3 is 1. The van der Waals surface area contributed by atoms with Crippen molar-refractivity contribution in [3.05, 3.63) is 29.6 Å². The topological polar surface area (TPSA) is 50.8 Å². The van der Waals surface area contributed by atoms with Crippen LogP contribution < -0.4 is 10.1 Å². The van der Waals surface area contributed by atoms with Crippen LogP contribution in [0.4, 0.5) is 9.18 Å². The molecule has 128 valence electrons. The van der Waals surface area contributed by atoms with Crippen LogP contribution in [-0.4, -0.2) is 49.4 Å². The van der Waals surface area contributed by atoms with Gasteiger partial charge >= 0.3 is 6.09 Å². The van der Waals surface area contributed by atoms with Gasteiger partial charge < -0.3 is 19.7 Å². The zero-order valence-electron chi connectivity index (χ0n) is 14.2. The normalized spacial score (nSPS) is 18.7. The fraction of sp³-hybridized carbons (Fsp3) is 0.588. The average Bonchev–Trinajstić information content (AvgIpc) is 2.48. The number of hydrogen-bond acceptors (Lipinski definition) is 4. The first-order chi connectivity index (χ1) is 10.8. The number of benzene rings is 1. The lowest BCUT2D eigenvalue weighted by Crippen LogP contribution is -2.55. The van der Waals surface area contributed by atoms with E-state index in [0.29, 0.717) is 19.5 Å². The van der Waals surface area contributed by atoms with Gasteiger partial charge in [-0.1, -0.05) is 6.07 Å². The minimum absolute atomic E-state index is 0.0335. The molecule has 1 heterocycles. The van der Waals surface area contributed by atoms with Gasteiger partial charge in [0.25, 0.3) is 0 Å². The van der Waals surface area contributed by atoms with Gasteiger partial charge in [0.15, 0.2) is 11.6 Å². The third kappa shape index (κ3) is 4.82. The van der Waals surface area contributed by atoms with Crippen molar-refractivity contribution in [2.75, 3.05) is 26.7 Å². The van der Waals surface area contributed by atoms with E-state index in [0.717, 1.165) is 12.1 Å². The molecule has 1 saturated heterocycles. The number of ether oxygens (including phenoxy) is 2. The molecular formula is C17H25FN2O3. The molecule has 1 aromatic carbocycles. The number of hydrogen-bond donors (Lipinski definition) is 1. The molecule has 0 radical (unpaired) electrons. The molecule has 0 aliphatic carbocycles. The second-order valence-electron chi connectivity index (χ2n) is 6.70. The van der Waals surface area contributed by atoms with E-state index < -0.39 is 5.60 Å². The summed E-state index contributed by atoms with van der Waals surface area (Å²) in [7, 11) is 1.44. The van der Waals surface area contributed by atoms with Crippen LogP contribution in [-0.2, 0) is 11.2 Å². The van der Waals surface area contributed by atoms with E-state index in [1.807, 2.05) is 20.8 Å². The highest BCUT2D eigenvalue weighted by Gasteiger charge is 2.30. The number of carbonyl (C=O) groups is 1. The Kier molecular flexibility index (Phi) is 5.46. The Hall–Kier alpha value is -1.82. The molecular weight excluding hydrogens is 299 g/mol. The van der Waals surface area contributed by atoms with Crippen LogP contribution in [0.1, 0.15) is 26.3 Å². The van der Waals surface area contributed by atoms with Crippen molar-refractivity contribution in [2.24, 2.45) is 0 Å². The average molecular weight is 324 g/mol. The number of nitrogens with zero attached hydrogens (tertiary/aromatic N) is 1. The van der Waals surface area contributed by atoms with Crippen molar-refractivity contribution in [3.8, 4) is 5.75 Å². The molecule has 1 amide bonds. The van der Waals surface area contributed by atoms with Gasteiger partial charge in [-0.05, 0) is 44.9 Å². The van der Waals surface area contributed by atoms with Crippen molar-refractivity contribution in [1.82, 2.24) is 10.2 Å². The van der Waals surface area contributed by atoms with E-state index in [1.165, 1.54) is 13.2 Å². The first-order valence-corrected chi connectivity index (χ1v) is 7.83. The highest BCUT2D eigenvalue weighted by molar-refractivity contribution is 5.68. The van der Waals surface area contributed by atoms with E-state index >= 15 is 0 Å². The van der Waals surface area contributed by atoms with Gasteiger partial charge in [0, 0.05) is 19.6 Å². The first-order valence-electron chi connectivity index (χ1n) is 7.83. The Morgan fingerprint density at radius 1 is 1.43 bits per heavy atom. The molecule has 1 fully saturated rings. The van der Waals surface area contributed by atoms with Gasteiger partial charge in [-0.25, -0.2) is 9.18 Å². The fourth-order valence-electron chi connectivity index (χ4n) is 2.61. The fourth-order valence-corrected chi connectivity index (χ4v) is 2.61. The maximum Gasteiger partial charge on any atom is 0.410 e. The molecule has 0 bridgehead atoms. The highest BCUT2D eigenvalue weighted by Crippen LogP contribution is 2.21. The Morgan fingerprint density at radius 2 is 2.17 bits per heavy atom. The molecule has 1 aromatic rings. The molecule has 5 nitrogen and oxygen atoms in total. The first kappa shape index (κ1) is 17.5. The molecule has 1 unspecified atom stereocenters. The number of piperazine rings is 1. The van der Waals surface area contributed by atoms with E-state index in [4.69, 9.17) is 9.47 Å². The Morgan fingerprint density at radius 3 is 2.83 bits per heavy atom. The summed E-state index contributed by atoms with van der Waals surface area (Å²) in [5, 5.41) is 3.29. The maximum absolute atomic E-state index is 13.5. The van der Waals surface area contributed by atoms with Crippen molar-refractivity contribution in [3.63, 3.8) is 0 Å². The third-order valence-electron chi connectivity index (χ3n) is 3.67. The second-order valence-corrected chi connectivity index (χ2v) is 6.70. The number of carbonyl (C=O) groups excluding carboxylic acids is 1. The van der Waals surface area contributed by atoms with Crippen molar-refractivity contribution >= 4 is 6.09 Å². The second kappa shape index (κ2) is 7.17. The Balaban J connectivity index is 2.11. The largest absolute Gasteiger partial charge is 0.494 e. The Labute approximate surface area is 136 Å². The van der Waals surface area contributed by atoms with Crippen LogP contribution in [0.3, 0.4) is 0 Å². The quantitative estimate of drug-likeness (QED) is 0.928. The van der Waals surface area contributed by atoms with Crippen LogP contribution in [0.15, 0.2) is 18.2 Å². The summed E-state index contributed by atoms with van der Waals surface area (Å²) in [5.41, 5.74) is 0.400. The lowest BCUT2D eigenvalue weighted by Gasteiger charge is -2.37. The molecule has 1 aliphatic heterocycles. The zero-order chi connectivity index (χ0) is 17.0. The number of amides is 1. The van der Waals surface area contributed by atoms with Crippen LogP contribution >= 0.6 is 0 Å². The van der Waals surface area contributed by atoms with Crippen molar-refractivity contribution in [1.29, 1.82) is 0 Å². The lowest BCUT2D eigenvalue weighted by molar-refractivity contribution is 0.0122. The third-order valence-corrected chi connectivity index (χ3v) is 3.67. The van der Waals surface area contributed by atoms with Gasteiger partial charge in [0.2, 0.25) is 0 Å². The summed E-state index contributed by atoms with van der Waals surface area (Å²) in [6.45, 7) is 7.58. The molecule has 1 N–H and O–H groups in total. The summed E-state index contributed by atoms with van der Waals surface area (Å²) in [6, 6.07) is 4.76. The molecule has 0 spiro atoms. The molecule has 1 atom stereocenters. The Bertz CT molecular complexity index is 557. The molecule has 1 aliphatic rings. The maximum atomic E-state index is 13.5. The van der Waals surface area contributed by atoms with Gasteiger partial charge in [0.1, 0.15) is 5.60 Å². The minimum atomic E-state index is -0.522. The SMILES string of the molecule is COc1cc(CC2CNCCN2C(=O)OC(C)(C)C)ccc1F. The predicted molar refractivity (Wildman–Crippen MR) is 86.3 cm³/mol. The zero-order valence-corrected chi connectivity index (χ0v) is 14.2. The van der Waals surface area contributed by atoms with Crippen molar-refractivity contribution < 1.29 is 18.7 Å². The summed E-state index contributed by atoms with van der Waals surface area (Å²) < 4.78 is 24.0. The van der Waals surface area contributed by atoms with Crippen LogP contribution in [0.2, 0.25) is 0 Å².